The fraction of sp³-hybridized carbons (Fsp3) is 0.231. The van der Waals surface area contributed by atoms with Gasteiger partial charge < -0.3 is 10.2 Å². The van der Waals surface area contributed by atoms with Gasteiger partial charge in [0, 0.05) is 13.5 Å². The summed E-state index contributed by atoms with van der Waals surface area (Å²) in [6.07, 6.45) is 0.516. The Balaban J connectivity index is 2.18. The molecule has 0 unspecified atom stereocenters. The maximum Gasteiger partial charge on any atom is 0.270 e. The van der Waals surface area contributed by atoms with Crippen molar-refractivity contribution in [1.82, 2.24) is 10.2 Å². The van der Waals surface area contributed by atoms with Gasteiger partial charge in [-0.1, -0.05) is 36.9 Å². The van der Waals surface area contributed by atoms with Gasteiger partial charge >= 0.3 is 0 Å². The second kappa shape index (κ2) is 4.41. The Morgan fingerprint density at radius 2 is 1.94 bits per heavy atom. The molecular weight excluding hydrogens is 216 g/mol. The van der Waals surface area contributed by atoms with Crippen LogP contribution >= 0.6 is 0 Å². The smallest absolute Gasteiger partial charge is 0.270 e. The number of hydrogen-bond acceptors (Lipinski definition) is 2. The molecule has 0 radical (unpaired) electrons. The molecule has 1 aromatic carbocycles. The molecule has 2 amide bonds. The van der Waals surface area contributed by atoms with Crippen molar-refractivity contribution in [3.63, 3.8) is 0 Å². The van der Waals surface area contributed by atoms with Crippen molar-refractivity contribution >= 4 is 11.8 Å². The summed E-state index contributed by atoms with van der Waals surface area (Å²) in [5.41, 5.74) is 1.17. The van der Waals surface area contributed by atoms with Gasteiger partial charge in [-0.2, -0.15) is 0 Å². The maximum absolute atomic E-state index is 11.8. The first-order valence-electron chi connectivity index (χ1n) is 5.40. The number of nitrogens with zero attached hydrogens (tertiary/aromatic N) is 1. The zero-order chi connectivity index (χ0) is 12.4. The first-order valence-corrected chi connectivity index (χ1v) is 5.40. The number of carbonyl (C=O) groups is 2. The number of benzene rings is 1. The van der Waals surface area contributed by atoms with Crippen molar-refractivity contribution in [3.05, 3.63) is 48.2 Å². The normalized spacial score (nSPS) is 20.4. The first kappa shape index (κ1) is 11.4. The summed E-state index contributed by atoms with van der Waals surface area (Å²) >= 11 is 0. The van der Waals surface area contributed by atoms with Crippen molar-refractivity contribution in [2.24, 2.45) is 0 Å². The Morgan fingerprint density at radius 3 is 2.59 bits per heavy atom. The number of rotatable bonds is 2. The minimum Gasteiger partial charge on any atom is -0.328 e. The molecule has 0 saturated carbocycles. The summed E-state index contributed by atoms with van der Waals surface area (Å²) in [6, 6.07) is 9.16. The number of carbonyl (C=O) groups excluding carboxylic acids is 2. The average molecular weight is 230 g/mol. The number of piperazine rings is 1. The molecule has 4 nitrogen and oxygen atoms in total. The van der Waals surface area contributed by atoms with Gasteiger partial charge in [-0.25, -0.2) is 0 Å². The SMILES string of the molecule is C=C1NC(=O)[C@@H](Cc2ccccc2)N(C)C1=O. The van der Waals surface area contributed by atoms with Crippen LogP contribution < -0.4 is 5.32 Å². The van der Waals surface area contributed by atoms with E-state index in [1.807, 2.05) is 30.3 Å². The standard InChI is InChI=1S/C13H14N2O2/c1-9-13(17)15(2)11(12(16)14-9)8-10-6-4-3-5-7-10/h3-7,11H,1,8H2,2H3,(H,14,16)/t11-/m1/s1. The zero-order valence-electron chi connectivity index (χ0n) is 9.64. The van der Waals surface area contributed by atoms with E-state index in [1.165, 1.54) is 4.90 Å². The molecule has 0 aliphatic carbocycles. The highest BCUT2D eigenvalue weighted by Gasteiger charge is 2.33. The van der Waals surface area contributed by atoms with E-state index in [0.717, 1.165) is 5.56 Å². The molecule has 1 aliphatic heterocycles. The molecule has 1 aliphatic rings. The Bertz CT molecular complexity index is 468. The molecule has 17 heavy (non-hydrogen) atoms. The summed E-state index contributed by atoms with van der Waals surface area (Å²) in [4.78, 5) is 24.9. The van der Waals surface area contributed by atoms with Crippen LogP contribution in [0.2, 0.25) is 0 Å². The van der Waals surface area contributed by atoms with Gasteiger partial charge in [0.2, 0.25) is 5.91 Å². The largest absolute Gasteiger partial charge is 0.328 e. The van der Waals surface area contributed by atoms with Crippen molar-refractivity contribution < 1.29 is 9.59 Å². The highest BCUT2D eigenvalue weighted by molar-refractivity contribution is 6.04. The molecule has 4 heteroatoms. The Kier molecular flexibility index (Phi) is 2.95. The molecule has 1 N–H and O–H groups in total. The molecule has 1 saturated heterocycles. The van der Waals surface area contributed by atoms with E-state index >= 15 is 0 Å². The van der Waals surface area contributed by atoms with Gasteiger partial charge in [0.05, 0.1) is 5.70 Å². The maximum atomic E-state index is 11.8. The molecule has 2 rings (SSSR count). The lowest BCUT2D eigenvalue weighted by Gasteiger charge is -2.32. The van der Waals surface area contributed by atoms with E-state index in [1.54, 1.807) is 7.05 Å². The van der Waals surface area contributed by atoms with Crippen LogP contribution in [-0.2, 0) is 16.0 Å². The van der Waals surface area contributed by atoms with Gasteiger partial charge in [-0.15, -0.1) is 0 Å². The molecule has 0 bridgehead atoms. The number of amides is 2. The first-order chi connectivity index (χ1) is 8.09. The van der Waals surface area contributed by atoms with E-state index in [4.69, 9.17) is 0 Å². The van der Waals surface area contributed by atoms with Crippen LogP contribution in [0.5, 0.6) is 0 Å². The fourth-order valence-corrected chi connectivity index (χ4v) is 1.88. The van der Waals surface area contributed by atoms with Crippen LogP contribution in [0.1, 0.15) is 5.56 Å². The van der Waals surface area contributed by atoms with Crippen molar-refractivity contribution in [2.45, 2.75) is 12.5 Å². The molecule has 88 valence electrons. The summed E-state index contributed by atoms with van der Waals surface area (Å²) in [7, 11) is 1.62. The minimum absolute atomic E-state index is 0.141. The molecule has 0 spiro atoms. The van der Waals surface area contributed by atoms with E-state index in [0.29, 0.717) is 6.42 Å². The van der Waals surface area contributed by atoms with Gasteiger partial charge in [0.15, 0.2) is 0 Å². The Morgan fingerprint density at radius 1 is 1.29 bits per heavy atom. The second-order valence-corrected chi connectivity index (χ2v) is 4.09. The Hall–Kier alpha value is -2.10. The average Bonchev–Trinajstić information content (AvgIpc) is 2.33. The highest BCUT2D eigenvalue weighted by atomic mass is 16.2. The van der Waals surface area contributed by atoms with Crippen LogP contribution in [0.15, 0.2) is 42.6 Å². The monoisotopic (exact) mass is 230 g/mol. The third-order valence-corrected chi connectivity index (χ3v) is 2.89. The molecule has 0 aromatic heterocycles. The lowest BCUT2D eigenvalue weighted by Crippen LogP contribution is -2.55. The van der Waals surface area contributed by atoms with Crippen molar-refractivity contribution in [2.75, 3.05) is 7.05 Å². The van der Waals surface area contributed by atoms with Crippen LogP contribution in [0, 0.1) is 0 Å². The van der Waals surface area contributed by atoms with Gasteiger partial charge in [0.1, 0.15) is 6.04 Å². The molecule has 1 heterocycles. The summed E-state index contributed by atoms with van der Waals surface area (Å²) in [5.74, 6) is -0.411. The van der Waals surface area contributed by atoms with Crippen LogP contribution in [0.4, 0.5) is 0 Å². The predicted molar refractivity (Wildman–Crippen MR) is 64.0 cm³/mol. The third-order valence-electron chi connectivity index (χ3n) is 2.89. The van der Waals surface area contributed by atoms with Crippen molar-refractivity contribution in [3.8, 4) is 0 Å². The summed E-state index contributed by atoms with van der Waals surface area (Å²) in [5, 5.41) is 2.51. The van der Waals surface area contributed by atoms with E-state index in [-0.39, 0.29) is 17.5 Å². The predicted octanol–water partition coefficient (Wildman–Crippen LogP) is 0.700. The second-order valence-electron chi connectivity index (χ2n) is 4.09. The van der Waals surface area contributed by atoms with Gasteiger partial charge in [-0.3, -0.25) is 9.59 Å². The van der Waals surface area contributed by atoms with Crippen LogP contribution in [0.3, 0.4) is 0 Å². The van der Waals surface area contributed by atoms with Crippen molar-refractivity contribution in [1.29, 1.82) is 0 Å². The number of likely N-dealkylation sites (N-methyl/N-ethyl adjacent to an activating group) is 1. The highest BCUT2D eigenvalue weighted by Crippen LogP contribution is 2.14. The Labute approximate surface area is 99.9 Å². The topological polar surface area (TPSA) is 49.4 Å². The number of hydrogen-bond donors (Lipinski definition) is 1. The molecule has 1 aromatic rings. The van der Waals surface area contributed by atoms with E-state index < -0.39 is 6.04 Å². The lowest BCUT2D eigenvalue weighted by atomic mass is 10.0. The van der Waals surface area contributed by atoms with E-state index in [9.17, 15) is 9.59 Å². The van der Waals surface area contributed by atoms with Gasteiger partial charge in [0.25, 0.3) is 5.91 Å². The zero-order valence-corrected chi connectivity index (χ0v) is 9.64. The lowest BCUT2D eigenvalue weighted by molar-refractivity contribution is -0.140. The summed E-state index contributed by atoms with van der Waals surface area (Å²) < 4.78 is 0. The quantitative estimate of drug-likeness (QED) is 0.760. The molecule has 1 fully saturated rings. The summed E-state index contributed by atoms with van der Waals surface area (Å²) in [6.45, 7) is 3.51. The van der Waals surface area contributed by atoms with Crippen LogP contribution in [0.25, 0.3) is 0 Å². The fourth-order valence-electron chi connectivity index (χ4n) is 1.88. The van der Waals surface area contributed by atoms with E-state index in [2.05, 4.69) is 11.9 Å². The van der Waals surface area contributed by atoms with Crippen LogP contribution in [-0.4, -0.2) is 29.8 Å². The molecule has 1 atom stereocenters. The van der Waals surface area contributed by atoms with Gasteiger partial charge in [-0.05, 0) is 5.56 Å². The third kappa shape index (κ3) is 2.20. The minimum atomic E-state index is -0.463. The molecular formula is C13H14N2O2. The number of nitrogens with one attached hydrogen (secondary N) is 1.